The molecule has 5 nitrogen and oxygen atoms in total. The number of benzene rings is 1. The third-order valence-electron chi connectivity index (χ3n) is 2.53. The van der Waals surface area contributed by atoms with Crippen LogP contribution in [0.2, 0.25) is 0 Å². The standard InChI is InChI=1S/C13H13N3O2/c1-8-12(9(2)18-16-8)15-7-10-3-5-11(6-4-10)13(14)17/h3-7H,1-2H3,(H2,14,17). The van der Waals surface area contributed by atoms with Gasteiger partial charge in [0.25, 0.3) is 0 Å². The smallest absolute Gasteiger partial charge is 0.248 e. The van der Waals surface area contributed by atoms with Crippen LogP contribution in [0.4, 0.5) is 5.69 Å². The Morgan fingerprint density at radius 2 is 2.00 bits per heavy atom. The molecule has 0 atom stereocenters. The van der Waals surface area contributed by atoms with Gasteiger partial charge in [-0.25, -0.2) is 0 Å². The van der Waals surface area contributed by atoms with Crippen molar-refractivity contribution in [1.82, 2.24) is 5.16 Å². The zero-order chi connectivity index (χ0) is 13.1. The van der Waals surface area contributed by atoms with Crippen LogP contribution in [0.5, 0.6) is 0 Å². The van der Waals surface area contributed by atoms with Crippen molar-refractivity contribution in [2.75, 3.05) is 0 Å². The van der Waals surface area contributed by atoms with Gasteiger partial charge < -0.3 is 10.3 Å². The van der Waals surface area contributed by atoms with Crippen molar-refractivity contribution in [3.8, 4) is 0 Å². The summed E-state index contributed by atoms with van der Waals surface area (Å²) in [5.74, 6) is 0.238. The van der Waals surface area contributed by atoms with Gasteiger partial charge in [0.05, 0.1) is 0 Å². The molecule has 1 amide bonds. The van der Waals surface area contributed by atoms with E-state index in [2.05, 4.69) is 10.1 Å². The maximum atomic E-state index is 10.9. The number of carbonyl (C=O) groups excluding carboxylic acids is 1. The Labute approximate surface area is 104 Å². The maximum Gasteiger partial charge on any atom is 0.248 e. The lowest BCUT2D eigenvalue weighted by atomic mass is 10.1. The lowest BCUT2D eigenvalue weighted by Crippen LogP contribution is -2.10. The highest BCUT2D eigenvalue weighted by molar-refractivity contribution is 5.93. The molecular weight excluding hydrogens is 230 g/mol. The number of nitrogens with two attached hydrogens (primary N) is 1. The molecule has 0 saturated heterocycles. The lowest BCUT2D eigenvalue weighted by Gasteiger charge is -1.96. The molecular formula is C13H13N3O2. The quantitative estimate of drug-likeness (QED) is 0.838. The van der Waals surface area contributed by atoms with Crippen LogP contribution in [0.15, 0.2) is 33.8 Å². The molecule has 0 radical (unpaired) electrons. The Kier molecular flexibility index (Phi) is 3.23. The van der Waals surface area contributed by atoms with Crippen molar-refractivity contribution in [3.05, 3.63) is 46.8 Å². The second kappa shape index (κ2) is 4.83. The largest absolute Gasteiger partial charge is 0.366 e. The molecule has 0 saturated carbocycles. The van der Waals surface area contributed by atoms with Crippen molar-refractivity contribution in [2.45, 2.75) is 13.8 Å². The number of aliphatic imine (C=N–C) groups is 1. The van der Waals surface area contributed by atoms with Gasteiger partial charge in [0.15, 0.2) is 5.76 Å². The molecule has 0 unspecified atom stereocenters. The number of nitrogens with zero attached hydrogens (tertiary/aromatic N) is 2. The number of aromatic nitrogens is 1. The summed E-state index contributed by atoms with van der Waals surface area (Å²) in [6.45, 7) is 3.64. The van der Waals surface area contributed by atoms with E-state index in [1.807, 2.05) is 13.8 Å². The summed E-state index contributed by atoms with van der Waals surface area (Å²) < 4.78 is 5.01. The summed E-state index contributed by atoms with van der Waals surface area (Å²) in [5.41, 5.74) is 7.99. The predicted octanol–water partition coefficient (Wildman–Crippen LogP) is 2.14. The highest BCUT2D eigenvalue weighted by atomic mass is 16.5. The highest BCUT2D eigenvalue weighted by Crippen LogP contribution is 2.22. The van der Waals surface area contributed by atoms with Gasteiger partial charge >= 0.3 is 0 Å². The number of hydrogen-bond acceptors (Lipinski definition) is 4. The first kappa shape index (κ1) is 12.0. The van der Waals surface area contributed by atoms with Gasteiger partial charge in [-0.15, -0.1) is 0 Å². The average molecular weight is 243 g/mol. The fourth-order valence-electron chi connectivity index (χ4n) is 1.54. The highest BCUT2D eigenvalue weighted by Gasteiger charge is 2.06. The van der Waals surface area contributed by atoms with Crippen LogP contribution in [-0.2, 0) is 0 Å². The molecule has 1 aromatic heterocycles. The van der Waals surface area contributed by atoms with Gasteiger partial charge in [0, 0.05) is 11.8 Å². The molecule has 0 fully saturated rings. The number of hydrogen-bond donors (Lipinski definition) is 1. The van der Waals surface area contributed by atoms with E-state index in [4.69, 9.17) is 10.3 Å². The van der Waals surface area contributed by atoms with Gasteiger partial charge in [-0.2, -0.15) is 0 Å². The minimum absolute atomic E-state index is 0.441. The number of rotatable bonds is 3. The van der Waals surface area contributed by atoms with Gasteiger partial charge in [-0.05, 0) is 31.5 Å². The summed E-state index contributed by atoms with van der Waals surface area (Å²) in [5, 5.41) is 3.82. The van der Waals surface area contributed by atoms with E-state index in [9.17, 15) is 4.79 Å². The minimum Gasteiger partial charge on any atom is -0.366 e. The predicted molar refractivity (Wildman–Crippen MR) is 68.2 cm³/mol. The molecule has 0 aliphatic carbocycles. The molecule has 2 aromatic rings. The average Bonchev–Trinajstić information content (AvgIpc) is 2.67. The summed E-state index contributed by atoms with van der Waals surface area (Å²) in [6, 6.07) is 6.89. The molecule has 0 spiro atoms. The number of aryl methyl sites for hydroxylation is 2. The molecule has 1 aromatic carbocycles. The molecule has 0 aliphatic rings. The van der Waals surface area contributed by atoms with Crippen molar-refractivity contribution in [2.24, 2.45) is 10.7 Å². The van der Waals surface area contributed by atoms with Crippen molar-refractivity contribution in [3.63, 3.8) is 0 Å². The van der Waals surface area contributed by atoms with Crippen LogP contribution in [0.1, 0.15) is 27.4 Å². The zero-order valence-electron chi connectivity index (χ0n) is 10.2. The lowest BCUT2D eigenvalue weighted by molar-refractivity contribution is 0.100. The molecule has 2 rings (SSSR count). The minimum atomic E-state index is -0.441. The van der Waals surface area contributed by atoms with Crippen LogP contribution in [0, 0.1) is 13.8 Å². The van der Waals surface area contributed by atoms with Crippen LogP contribution in [0.3, 0.4) is 0 Å². The first-order chi connectivity index (χ1) is 8.58. The van der Waals surface area contributed by atoms with Gasteiger partial charge in [0.1, 0.15) is 11.4 Å². The van der Waals surface area contributed by atoms with E-state index in [0.717, 1.165) is 16.9 Å². The molecule has 0 bridgehead atoms. The monoisotopic (exact) mass is 243 g/mol. The summed E-state index contributed by atoms with van der Waals surface area (Å²) in [7, 11) is 0. The van der Waals surface area contributed by atoms with Crippen molar-refractivity contribution >= 4 is 17.8 Å². The number of carbonyl (C=O) groups is 1. The van der Waals surface area contributed by atoms with Gasteiger partial charge in [-0.1, -0.05) is 17.3 Å². The third kappa shape index (κ3) is 2.45. The molecule has 5 heteroatoms. The Balaban J connectivity index is 2.21. The molecule has 0 aliphatic heterocycles. The molecule has 2 N–H and O–H groups in total. The molecule has 1 heterocycles. The van der Waals surface area contributed by atoms with E-state index < -0.39 is 5.91 Å². The first-order valence-electron chi connectivity index (χ1n) is 5.44. The number of primary amides is 1. The normalized spacial score (nSPS) is 11.0. The first-order valence-corrected chi connectivity index (χ1v) is 5.44. The third-order valence-corrected chi connectivity index (χ3v) is 2.53. The van der Waals surface area contributed by atoms with E-state index in [0.29, 0.717) is 11.3 Å². The van der Waals surface area contributed by atoms with Gasteiger partial charge in [0.2, 0.25) is 5.91 Å². The summed E-state index contributed by atoms with van der Waals surface area (Å²) >= 11 is 0. The van der Waals surface area contributed by atoms with E-state index >= 15 is 0 Å². The number of amides is 1. The molecule has 18 heavy (non-hydrogen) atoms. The summed E-state index contributed by atoms with van der Waals surface area (Å²) in [6.07, 6.45) is 1.69. The fraction of sp³-hybridized carbons (Fsp3) is 0.154. The van der Waals surface area contributed by atoms with E-state index in [1.54, 1.807) is 30.5 Å². The molecule has 92 valence electrons. The van der Waals surface area contributed by atoms with Crippen LogP contribution < -0.4 is 5.73 Å². The second-order valence-electron chi connectivity index (χ2n) is 3.92. The Morgan fingerprint density at radius 1 is 1.33 bits per heavy atom. The topological polar surface area (TPSA) is 81.5 Å². The van der Waals surface area contributed by atoms with Gasteiger partial charge in [-0.3, -0.25) is 9.79 Å². The summed E-state index contributed by atoms with van der Waals surface area (Å²) in [4.78, 5) is 15.2. The van der Waals surface area contributed by atoms with E-state index in [1.165, 1.54) is 0 Å². The second-order valence-corrected chi connectivity index (χ2v) is 3.92. The maximum absolute atomic E-state index is 10.9. The Hall–Kier alpha value is -2.43. The Morgan fingerprint density at radius 3 is 2.50 bits per heavy atom. The van der Waals surface area contributed by atoms with Crippen LogP contribution >= 0.6 is 0 Å². The van der Waals surface area contributed by atoms with Crippen molar-refractivity contribution < 1.29 is 9.32 Å². The SMILES string of the molecule is Cc1noc(C)c1N=Cc1ccc(C(N)=O)cc1. The zero-order valence-corrected chi connectivity index (χ0v) is 10.2. The van der Waals surface area contributed by atoms with Crippen LogP contribution in [0.25, 0.3) is 0 Å². The van der Waals surface area contributed by atoms with Crippen molar-refractivity contribution in [1.29, 1.82) is 0 Å². The van der Waals surface area contributed by atoms with E-state index in [-0.39, 0.29) is 0 Å². The Bertz CT molecular complexity index is 578. The van der Waals surface area contributed by atoms with Crippen LogP contribution in [-0.4, -0.2) is 17.3 Å². The fourth-order valence-corrected chi connectivity index (χ4v) is 1.54.